The number of rotatable bonds is 7. The van der Waals surface area contributed by atoms with Gasteiger partial charge in [0.1, 0.15) is 17.4 Å². The highest BCUT2D eigenvalue weighted by atomic mass is 32.2. The van der Waals surface area contributed by atoms with Crippen LogP contribution in [-0.2, 0) is 9.59 Å². The number of carbonyl (C=O) groups is 2. The Hall–Kier alpha value is -4.21. The van der Waals surface area contributed by atoms with Crippen LogP contribution >= 0.6 is 23.1 Å². The normalized spacial score (nSPS) is 17.0. The van der Waals surface area contributed by atoms with Crippen LogP contribution in [0.2, 0.25) is 0 Å². The molecule has 204 valence electrons. The second kappa shape index (κ2) is 11.5. The Labute approximate surface area is 238 Å². The topological polar surface area (TPSA) is 134 Å². The number of Topliss-reactive ketones (excluding diaryl/α,β-unsaturated/α-hetero) is 1. The van der Waals surface area contributed by atoms with Crippen LogP contribution in [0.1, 0.15) is 36.3 Å². The number of ether oxygens (including phenoxy) is 1. The van der Waals surface area contributed by atoms with Crippen molar-refractivity contribution in [2.24, 2.45) is 5.73 Å². The van der Waals surface area contributed by atoms with E-state index in [1.165, 1.54) is 35.2 Å². The van der Waals surface area contributed by atoms with E-state index in [0.29, 0.717) is 51.4 Å². The summed E-state index contributed by atoms with van der Waals surface area (Å²) in [6.45, 7) is 1.78. The van der Waals surface area contributed by atoms with E-state index >= 15 is 0 Å². The summed E-state index contributed by atoms with van der Waals surface area (Å²) in [5.74, 6) is -0.475. The smallest absolute Gasteiger partial charge is 0.234 e. The number of carbonyl (C=O) groups excluding carboxylic acids is 2. The zero-order valence-corrected chi connectivity index (χ0v) is 23.4. The molecule has 1 aliphatic heterocycles. The third kappa shape index (κ3) is 5.30. The number of methoxy groups -OCH3 is 1. The van der Waals surface area contributed by atoms with Crippen LogP contribution in [0, 0.1) is 24.1 Å². The molecule has 3 aromatic rings. The number of nitriles is 1. The predicted molar refractivity (Wildman–Crippen MR) is 151 cm³/mol. The molecule has 1 amide bonds. The molecule has 1 aromatic heterocycles. The number of anilines is 2. The molecule has 3 N–H and O–H groups in total. The van der Waals surface area contributed by atoms with Gasteiger partial charge in [-0.05, 0) is 55.2 Å². The number of aromatic nitrogens is 2. The quantitative estimate of drug-likeness (QED) is 0.371. The minimum absolute atomic E-state index is 0.0317. The maximum Gasteiger partial charge on any atom is 0.234 e. The zero-order valence-electron chi connectivity index (χ0n) is 21.7. The van der Waals surface area contributed by atoms with Gasteiger partial charge in [0.15, 0.2) is 10.1 Å². The average molecular weight is 577 g/mol. The summed E-state index contributed by atoms with van der Waals surface area (Å²) >= 11 is 2.39. The van der Waals surface area contributed by atoms with Crippen LogP contribution in [0.4, 0.5) is 15.2 Å². The standard InChI is InChI=1S/C28H25FN6O3S2/c1-15-6-9-17(29)12-20(15)32-23(37)14-39-28-34-33-27(40-28)35-21-4-3-5-22(36)25(21)24(19(13-30)26(35)31)16-7-10-18(38-2)11-8-16/h6-12,24H,3-5,14,31H2,1-2H3,(H,32,37). The highest BCUT2D eigenvalue weighted by Gasteiger charge is 2.41. The van der Waals surface area contributed by atoms with Gasteiger partial charge in [0.25, 0.3) is 0 Å². The highest BCUT2D eigenvalue weighted by Crippen LogP contribution is 2.47. The first-order valence-corrected chi connectivity index (χ1v) is 14.2. The summed E-state index contributed by atoms with van der Waals surface area (Å²) in [5.41, 5.74) is 10.0. The van der Waals surface area contributed by atoms with Crippen LogP contribution in [0.5, 0.6) is 5.75 Å². The predicted octanol–water partition coefficient (Wildman–Crippen LogP) is 5.03. The first-order valence-electron chi connectivity index (χ1n) is 12.4. The van der Waals surface area contributed by atoms with Crippen molar-refractivity contribution in [3.05, 3.63) is 82.1 Å². The molecule has 0 radical (unpaired) electrons. The van der Waals surface area contributed by atoms with E-state index in [9.17, 15) is 19.2 Å². The second-order valence-corrected chi connectivity index (χ2v) is 11.4. The lowest BCUT2D eigenvalue weighted by Crippen LogP contribution is -2.38. The molecular formula is C28H25FN6O3S2. The molecule has 9 nitrogen and oxygen atoms in total. The third-order valence-electron chi connectivity index (χ3n) is 6.75. The molecular weight excluding hydrogens is 551 g/mol. The fraction of sp³-hybridized carbons (Fsp3) is 0.250. The average Bonchev–Trinajstić information content (AvgIpc) is 3.42. The van der Waals surface area contributed by atoms with Gasteiger partial charge in [0, 0.05) is 23.4 Å². The van der Waals surface area contributed by atoms with Crippen molar-refractivity contribution < 1.29 is 18.7 Å². The van der Waals surface area contributed by atoms with E-state index in [2.05, 4.69) is 21.6 Å². The van der Waals surface area contributed by atoms with Crippen molar-refractivity contribution in [3.63, 3.8) is 0 Å². The molecule has 5 rings (SSSR count). The summed E-state index contributed by atoms with van der Waals surface area (Å²) in [4.78, 5) is 27.4. The summed E-state index contributed by atoms with van der Waals surface area (Å²) in [7, 11) is 1.57. The summed E-state index contributed by atoms with van der Waals surface area (Å²) in [5, 5.41) is 21.8. The third-order valence-corrected chi connectivity index (χ3v) is 8.79. The molecule has 1 aliphatic carbocycles. The van der Waals surface area contributed by atoms with Gasteiger partial charge >= 0.3 is 0 Å². The van der Waals surface area contributed by atoms with Gasteiger partial charge in [-0.15, -0.1) is 10.2 Å². The van der Waals surface area contributed by atoms with Crippen LogP contribution < -0.4 is 20.7 Å². The number of amides is 1. The van der Waals surface area contributed by atoms with Crippen molar-refractivity contribution >= 4 is 45.6 Å². The lowest BCUT2D eigenvalue weighted by Gasteiger charge is -2.38. The second-order valence-electron chi connectivity index (χ2n) is 9.24. The Balaban J connectivity index is 1.41. The van der Waals surface area contributed by atoms with Crippen LogP contribution in [0.3, 0.4) is 0 Å². The fourth-order valence-electron chi connectivity index (χ4n) is 4.83. The van der Waals surface area contributed by atoms with Crippen LogP contribution in [0.15, 0.2) is 69.5 Å². The van der Waals surface area contributed by atoms with Crippen molar-refractivity contribution in [2.45, 2.75) is 36.4 Å². The Morgan fingerprint density at radius 2 is 2.05 bits per heavy atom. The van der Waals surface area contributed by atoms with Crippen molar-refractivity contribution in [1.82, 2.24) is 10.2 Å². The van der Waals surface area contributed by atoms with Gasteiger partial charge in [-0.2, -0.15) is 5.26 Å². The molecule has 0 saturated heterocycles. The van der Waals surface area contributed by atoms with Gasteiger partial charge in [-0.3, -0.25) is 14.5 Å². The van der Waals surface area contributed by atoms with Crippen molar-refractivity contribution in [3.8, 4) is 11.8 Å². The lowest BCUT2D eigenvalue weighted by atomic mass is 9.76. The SMILES string of the molecule is COc1ccc(C2C(C#N)=C(N)N(c3nnc(SCC(=O)Nc4cc(F)ccc4C)s3)C3=C2C(=O)CCC3)cc1. The van der Waals surface area contributed by atoms with E-state index < -0.39 is 11.7 Å². The number of aryl methyl sites for hydroxylation is 1. The number of hydrogen-bond donors (Lipinski definition) is 2. The molecule has 40 heavy (non-hydrogen) atoms. The largest absolute Gasteiger partial charge is 0.497 e. The van der Waals surface area contributed by atoms with E-state index in [4.69, 9.17) is 10.5 Å². The van der Waals surface area contributed by atoms with Gasteiger partial charge in [-0.25, -0.2) is 4.39 Å². The molecule has 12 heteroatoms. The highest BCUT2D eigenvalue weighted by molar-refractivity contribution is 8.01. The minimum atomic E-state index is -0.591. The Kier molecular flexibility index (Phi) is 7.86. The number of benzene rings is 2. The van der Waals surface area contributed by atoms with E-state index in [1.54, 1.807) is 37.1 Å². The van der Waals surface area contributed by atoms with E-state index in [-0.39, 0.29) is 28.8 Å². The summed E-state index contributed by atoms with van der Waals surface area (Å²) < 4.78 is 19.3. The summed E-state index contributed by atoms with van der Waals surface area (Å²) in [6.07, 6.45) is 1.62. The number of nitrogens with zero attached hydrogens (tertiary/aromatic N) is 4. The Morgan fingerprint density at radius 3 is 2.77 bits per heavy atom. The molecule has 2 heterocycles. The number of thioether (sulfide) groups is 1. The Morgan fingerprint density at radius 1 is 1.27 bits per heavy atom. The van der Waals surface area contributed by atoms with E-state index in [1.807, 2.05) is 12.1 Å². The molecule has 0 bridgehead atoms. The number of halogens is 1. The van der Waals surface area contributed by atoms with Gasteiger partial charge in [0.2, 0.25) is 11.0 Å². The number of nitrogens with two attached hydrogens (primary N) is 1. The molecule has 2 aromatic carbocycles. The number of ketones is 1. The van der Waals surface area contributed by atoms with Gasteiger partial charge < -0.3 is 15.8 Å². The Bertz CT molecular complexity index is 1590. The molecule has 0 spiro atoms. The first-order chi connectivity index (χ1) is 19.3. The monoisotopic (exact) mass is 576 g/mol. The van der Waals surface area contributed by atoms with Crippen molar-refractivity contribution in [1.29, 1.82) is 5.26 Å². The number of nitrogens with one attached hydrogen (secondary N) is 1. The molecule has 1 unspecified atom stereocenters. The van der Waals surface area contributed by atoms with E-state index in [0.717, 1.165) is 11.1 Å². The molecule has 0 fully saturated rings. The summed E-state index contributed by atoms with van der Waals surface area (Å²) in [6, 6.07) is 13.7. The maximum absolute atomic E-state index is 13.6. The zero-order chi connectivity index (χ0) is 28.4. The van der Waals surface area contributed by atoms with Crippen molar-refractivity contribution in [2.75, 3.05) is 23.1 Å². The lowest BCUT2D eigenvalue weighted by molar-refractivity contribution is -0.116. The number of hydrogen-bond acceptors (Lipinski definition) is 10. The van der Waals surface area contributed by atoms with Crippen LogP contribution in [0.25, 0.3) is 0 Å². The minimum Gasteiger partial charge on any atom is -0.497 e. The first kappa shape index (κ1) is 27.4. The number of allylic oxidation sites excluding steroid dienone is 3. The molecule has 0 saturated carbocycles. The fourth-order valence-corrected chi connectivity index (χ4v) is 6.51. The maximum atomic E-state index is 13.6. The van der Waals surface area contributed by atoms with Crippen LogP contribution in [-0.4, -0.2) is 34.8 Å². The molecule has 1 atom stereocenters. The van der Waals surface area contributed by atoms with Gasteiger partial charge in [0.05, 0.1) is 30.4 Å². The van der Waals surface area contributed by atoms with Gasteiger partial charge in [-0.1, -0.05) is 41.3 Å². The molecule has 2 aliphatic rings.